The van der Waals surface area contributed by atoms with Crippen molar-refractivity contribution in [3.05, 3.63) is 79.5 Å². The van der Waals surface area contributed by atoms with Gasteiger partial charge in [-0.1, -0.05) is 52.8 Å². The number of anilines is 2. The number of piperidine rings is 1. The van der Waals surface area contributed by atoms with Crippen LogP contribution in [-0.2, 0) is 23.8 Å². The molecule has 1 fully saturated rings. The number of nitrogens with zero attached hydrogens (tertiary/aromatic N) is 2. The van der Waals surface area contributed by atoms with Gasteiger partial charge in [0.25, 0.3) is 5.91 Å². The van der Waals surface area contributed by atoms with Crippen molar-refractivity contribution in [1.29, 1.82) is 0 Å². The number of fused-ring (bicyclic) bond motifs is 5. The Hall–Kier alpha value is -5.97. The number of methoxy groups -OCH3 is 1. The largest absolute Gasteiger partial charge is 0.507 e. The number of carbonyl (C=O) groups is 2. The van der Waals surface area contributed by atoms with Crippen molar-refractivity contribution in [1.82, 2.24) is 4.98 Å². The molecule has 9 atom stereocenters. The molecule has 5 bridgehead atoms. The lowest BCUT2D eigenvalue weighted by Gasteiger charge is -2.39. The van der Waals surface area contributed by atoms with Crippen LogP contribution in [0.2, 0.25) is 0 Å². The predicted octanol–water partition coefficient (Wildman–Crippen LogP) is 5.64. The summed E-state index contributed by atoms with van der Waals surface area (Å²) in [7, 11) is 1.51. The number of aliphatic hydroxyl groups is 2. The van der Waals surface area contributed by atoms with Crippen molar-refractivity contribution >= 4 is 62.0 Å². The molecule has 0 spiro atoms. The third kappa shape index (κ3) is 9.29. The number of nitrogens with one attached hydrogen (secondary N) is 1. The number of aliphatic hydroxyl groups excluding tert-OH is 2. The van der Waals surface area contributed by atoms with Crippen molar-refractivity contribution in [2.45, 2.75) is 106 Å². The molecule has 366 valence electrons. The first-order valence-electron chi connectivity index (χ1n) is 23.7. The number of quaternary nitrogens is 1. The van der Waals surface area contributed by atoms with Crippen LogP contribution in [0, 0.1) is 42.4 Å². The number of nitrogens with two attached hydrogens (primary N) is 1. The third-order valence-electron chi connectivity index (χ3n) is 14.8. The van der Waals surface area contributed by atoms with Crippen molar-refractivity contribution < 1.29 is 53.6 Å². The van der Waals surface area contributed by atoms with Crippen LogP contribution in [0.4, 0.5) is 11.4 Å². The molecule has 0 unspecified atom stereocenters. The number of phenols is 1. The summed E-state index contributed by atoms with van der Waals surface area (Å²) >= 11 is 0. The number of rotatable bonds is 6. The van der Waals surface area contributed by atoms with Crippen molar-refractivity contribution in [2.75, 3.05) is 43.5 Å². The number of ether oxygens (including phenoxy) is 4. The molecular formula is C52H67N4O12+. The van der Waals surface area contributed by atoms with E-state index < -0.39 is 64.3 Å². The fourth-order valence-electron chi connectivity index (χ4n) is 10.1. The second kappa shape index (κ2) is 19.9. The zero-order valence-corrected chi connectivity index (χ0v) is 41.0. The Morgan fingerprint density at radius 3 is 2.35 bits per heavy atom. The monoisotopic (exact) mass is 939 g/mol. The lowest BCUT2D eigenvalue weighted by atomic mass is 9.73. The zero-order valence-electron chi connectivity index (χ0n) is 41.0. The Bertz CT molecular complexity index is 2880. The van der Waals surface area contributed by atoms with E-state index in [1.807, 2.05) is 34.6 Å². The number of allylic oxidation sites excluding steroid dienone is 2. The number of phenolic OH excluding ortho intramolecular Hbond substituents is 1. The molecule has 16 heteroatoms. The Balaban J connectivity index is 1.45. The summed E-state index contributed by atoms with van der Waals surface area (Å²) in [4.78, 5) is 62.5. The van der Waals surface area contributed by atoms with E-state index in [0.29, 0.717) is 11.6 Å². The number of aromatic nitrogens is 1. The number of hydrogen-bond donors (Lipinski definition) is 5. The lowest BCUT2D eigenvalue weighted by Crippen LogP contribution is -2.85. The molecule has 7 rings (SSSR count). The molecule has 4 aromatic rings. The first kappa shape index (κ1) is 49.9. The molecule has 3 aromatic carbocycles. The van der Waals surface area contributed by atoms with Gasteiger partial charge in [0.05, 0.1) is 42.2 Å². The molecule has 0 aliphatic carbocycles. The minimum atomic E-state index is -1.94. The summed E-state index contributed by atoms with van der Waals surface area (Å²) in [5.41, 5.74) is -1.04. The quantitative estimate of drug-likeness (QED) is 0.0898. The zero-order chi connectivity index (χ0) is 49.5. The maximum Gasteiger partial charge on any atom is 0.307 e. The van der Waals surface area contributed by atoms with E-state index >= 15 is 0 Å². The summed E-state index contributed by atoms with van der Waals surface area (Å²) in [6.07, 6.45) is 7.65. The first-order valence-corrected chi connectivity index (χ1v) is 23.7. The van der Waals surface area contributed by atoms with Gasteiger partial charge in [-0.15, -0.1) is 0 Å². The van der Waals surface area contributed by atoms with E-state index in [1.54, 1.807) is 37.3 Å². The van der Waals surface area contributed by atoms with Gasteiger partial charge in [0.2, 0.25) is 10.9 Å². The van der Waals surface area contributed by atoms with Crippen molar-refractivity contribution in [3.8, 4) is 11.5 Å². The fraction of sp³-hybridized carbons (Fsp3) is 0.519. The van der Waals surface area contributed by atoms with Gasteiger partial charge in [0.15, 0.2) is 22.4 Å². The number of esters is 1. The summed E-state index contributed by atoms with van der Waals surface area (Å²) < 4.78 is 30.9. The highest BCUT2D eigenvalue weighted by Crippen LogP contribution is 2.42. The standard InChI is InChI=1S/C52H66N4O12/c1-12-53-24-33-16-19-56(20-17-33)34-22-35(58)41-37(23-34)67-49-42(54-41)38-39-45(60)31(8)48-40(38)50(62)52(10,68-48)65-21-18-36(64-11)30(7)47(66-32(9)57)29(6)27(4)28(5)44(59)25(2)14-13-15-26(3)51(63)55-43(49)46(39)61/h13-15,18,21-23,25,27-30,33,36,44,47,53,59-60,62H,12,16-17,19-20,24H2,1-11H3,(H,55,63)/p+1/b14-13+,21-18+,26-15-/t25-,27+,28-,29+,30+,36-,44-,47-,52-/m0/s1. The van der Waals surface area contributed by atoms with Crippen LogP contribution < -0.4 is 36.3 Å². The van der Waals surface area contributed by atoms with Gasteiger partial charge in [-0.3, -0.25) is 19.2 Å². The Morgan fingerprint density at radius 1 is 0.985 bits per heavy atom. The molecule has 68 heavy (non-hydrogen) atoms. The molecule has 0 saturated carbocycles. The van der Waals surface area contributed by atoms with Gasteiger partial charge < -0.3 is 54.2 Å². The summed E-state index contributed by atoms with van der Waals surface area (Å²) in [6, 6.07) is 3.21. The van der Waals surface area contributed by atoms with E-state index in [4.69, 9.17) is 28.3 Å². The summed E-state index contributed by atoms with van der Waals surface area (Å²) in [6.45, 7) is 21.2. The topological polar surface area (TPSA) is 224 Å². The van der Waals surface area contributed by atoms with Crippen LogP contribution in [0.3, 0.4) is 0 Å². The fourth-order valence-corrected chi connectivity index (χ4v) is 10.1. The molecule has 0 radical (unpaired) electrons. The van der Waals surface area contributed by atoms with Crippen LogP contribution in [0.15, 0.2) is 62.3 Å². The van der Waals surface area contributed by atoms with Gasteiger partial charge >= 0.3 is 11.8 Å². The average Bonchev–Trinajstić information content (AvgIpc) is 3.58. The molecule has 3 aliphatic heterocycles. The summed E-state index contributed by atoms with van der Waals surface area (Å²) in [5, 5.41) is 40.3. The van der Waals surface area contributed by atoms with Gasteiger partial charge in [-0.25, -0.2) is 4.98 Å². The van der Waals surface area contributed by atoms with E-state index in [1.165, 1.54) is 40.2 Å². The van der Waals surface area contributed by atoms with Gasteiger partial charge in [-0.05, 0) is 57.4 Å². The average molecular weight is 940 g/mol. The first-order chi connectivity index (χ1) is 32.2. The molecule has 16 nitrogen and oxygen atoms in total. The van der Waals surface area contributed by atoms with Crippen LogP contribution in [-0.4, -0.2) is 89.6 Å². The summed E-state index contributed by atoms with van der Waals surface area (Å²) in [5.74, 6) is -5.02. The molecular weight excluding hydrogens is 873 g/mol. The van der Waals surface area contributed by atoms with Gasteiger partial charge in [-0.2, -0.15) is 0 Å². The maximum absolute atomic E-state index is 14.9. The van der Waals surface area contributed by atoms with Crippen LogP contribution >= 0.6 is 0 Å². The van der Waals surface area contributed by atoms with Crippen LogP contribution in [0.25, 0.3) is 38.7 Å². The van der Waals surface area contributed by atoms with Crippen LogP contribution in [0.5, 0.6) is 11.5 Å². The number of aromatic hydroxyl groups is 1. The highest BCUT2D eigenvalue weighted by atomic mass is 16.7. The smallest absolute Gasteiger partial charge is 0.307 e. The van der Waals surface area contributed by atoms with Crippen molar-refractivity contribution in [3.63, 3.8) is 0 Å². The predicted molar refractivity (Wildman–Crippen MR) is 260 cm³/mol. The van der Waals surface area contributed by atoms with E-state index in [9.17, 15) is 34.5 Å². The number of carbonyl (C=O) groups excluding carboxylic acids is 2. The molecule has 1 saturated heterocycles. The molecule has 1 amide bonds. The van der Waals surface area contributed by atoms with E-state index in [-0.39, 0.29) is 84.4 Å². The molecule has 3 aliphatic rings. The molecule has 4 heterocycles. The highest BCUT2D eigenvalue weighted by Gasteiger charge is 2.44. The molecule has 6 N–H and O–H groups in total. The van der Waals surface area contributed by atoms with Crippen molar-refractivity contribution in [2.24, 2.45) is 35.5 Å². The Kier molecular flexibility index (Phi) is 14.6. The second-order valence-electron chi connectivity index (χ2n) is 19.3. The second-order valence-corrected chi connectivity index (χ2v) is 19.3. The highest BCUT2D eigenvalue weighted by molar-refractivity contribution is 6.16. The molecule has 1 aromatic heterocycles. The van der Waals surface area contributed by atoms with Gasteiger partial charge in [0.1, 0.15) is 28.8 Å². The maximum atomic E-state index is 14.9. The number of amides is 1. The number of benzene rings is 3. The van der Waals surface area contributed by atoms with Crippen LogP contribution in [0.1, 0.15) is 80.7 Å². The lowest BCUT2D eigenvalue weighted by molar-refractivity contribution is -0.657. The normalized spacial score (nSPS) is 29.4. The minimum absolute atomic E-state index is 0.0172. The van der Waals surface area contributed by atoms with E-state index in [2.05, 4.69) is 22.5 Å². The Morgan fingerprint density at radius 2 is 1.69 bits per heavy atom. The SMILES string of the molecule is CC[NH2+]CC1CCN(c2cc(=O)c3nc4c(oc3c2)c2c(=O)c3c(O)c(C)c5c(c34)=C(O)[C@@](C)(O/C=C/[C@H](OC)[C@@H](C)[C@@H](OC(C)=O)[C@H](C)[C@H](C)[C@H](C)[C@@H](O)[C@@H](C)/C=C/C=C(/C)C(=O)N2)O5)CC1. The van der Waals surface area contributed by atoms with Gasteiger partial charge in [0, 0.05) is 86.1 Å². The number of hydrogen-bond acceptors (Lipinski definition) is 14. The Labute approximate surface area is 395 Å². The minimum Gasteiger partial charge on any atom is -0.507 e. The third-order valence-corrected chi connectivity index (χ3v) is 14.8. The van der Waals surface area contributed by atoms with E-state index in [0.717, 1.165) is 39.0 Å².